The van der Waals surface area contributed by atoms with E-state index in [1.54, 1.807) is 31.4 Å². The van der Waals surface area contributed by atoms with Gasteiger partial charge < -0.3 is 21.5 Å². The summed E-state index contributed by atoms with van der Waals surface area (Å²) in [6.45, 7) is 1.90. The number of anilines is 2. The second-order valence-electron chi connectivity index (χ2n) is 9.28. The Labute approximate surface area is 252 Å². The Balaban J connectivity index is 1.99. The molecule has 0 saturated carbocycles. The van der Waals surface area contributed by atoms with Crippen molar-refractivity contribution in [1.29, 1.82) is 5.41 Å². The SMILES string of the molecule is CSc1sc(C(=N)N)cc1S(=O)(=O)c1cccc(-c2c(C)cc(NC(=O)O)cc2NC(=O)NCCCCS(C)(=O)=O)c1. The van der Waals surface area contributed by atoms with Crippen molar-refractivity contribution in [3.8, 4) is 11.1 Å². The summed E-state index contributed by atoms with van der Waals surface area (Å²) in [6.07, 6.45) is 2.37. The lowest BCUT2D eigenvalue weighted by atomic mass is 9.97. The molecule has 0 atom stereocenters. The third-order valence-electron chi connectivity index (χ3n) is 5.90. The molecule has 3 aromatic rings. The number of urea groups is 1. The van der Waals surface area contributed by atoms with Crippen molar-refractivity contribution in [1.82, 2.24) is 5.32 Å². The number of hydrogen-bond acceptors (Lipinski definition) is 9. The first-order valence-electron chi connectivity index (χ1n) is 12.4. The zero-order valence-electron chi connectivity index (χ0n) is 23.0. The van der Waals surface area contributed by atoms with Crippen molar-refractivity contribution in [2.75, 3.05) is 35.4 Å². The number of carboxylic acid groups (broad SMARTS) is 1. The number of thiophene rings is 1. The molecule has 12 nitrogen and oxygen atoms in total. The molecule has 1 aromatic heterocycles. The Morgan fingerprint density at radius 3 is 2.40 bits per heavy atom. The second-order valence-corrected chi connectivity index (χ2v) is 15.6. The lowest BCUT2D eigenvalue weighted by Crippen LogP contribution is -2.30. The zero-order chi connectivity index (χ0) is 31.2. The first-order valence-corrected chi connectivity index (χ1v) is 18.0. The fourth-order valence-electron chi connectivity index (χ4n) is 4.09. The molecule has 42 heavy (non-hydrogen) atoms. The fourth-order valence-corrected chi connectivity index (χ4v) is 8.72. The predicted molar refractivity (Wildman–Crippen MR) is 167 cm³/mol. The van der Waals surface area contributed by atoms with E-state index in [1.165, 1.54) is 36.0 Å². The standard InChI is InChI=1S/C26H31N5O7S4/c1-15-11-17(30-26(33)34)13-19(31-25(32)29-9-4-5-10-41(3,35)36)22(15)16-7-6-8-18(12-16)42(37,38)21-14-20(23(27)28)40-24(21)39-2/h6-8,11-14,30H,4-5,9-10H2,1-3H3,(H3,27,28)(H,33,34)(H2,29,31,32). The molecule has 0 bridgehead atoms. The van der Waals surface area contributed by atoms with Gasteiger partial charge in [0.25, 0.3) is 0 Å². The van der Waals surface area contributed by atoms with Crippen LogP contribution in [0.3, 0.4) is 0 Å². The summed E-state index contributed by atoms with van der Waals surface area (Å²) >= 11 is 2.35. The highest BCUT2D eigenvalue weighted by molar-refractivity contribution is 8.01. The molecule has 0 aliphatic carbocycles. The summed E-state index contributed by atoms with van der Waals surface area (Å²) in [5.41, 5.74) is 7.48. The number of carbonyl (C=O) groups excluding carboxylic acids is 1. The number of thioether (sulfide) groups is 1. The van der Waals surface area contributed by atoms with Crippen LogP contribution in [-0.4, -0.2) is 64.7 Å². The van der Waals surface area contributed by atoms with Gasteiger partial charge in [-0.3, -0.25) is 10.7 Å². The van der Waals surface area contributed by atoms with Crippen molar-refractivity contribution in [3.63, 3.8) is 0 Å². The number of carbonyl (C=O) groups is 2. The number of sulfone groups is 2. The molecular formula is C26H31N5O7S4. The summed E-state index contributed by atoms with van der Waals surface area (Å²) in [5, 5.41) is 24.5. The number of amides is 3. The highest BCUT2D eigenvalue weighted by atomic mass is 32.2. The van der Waals surface area contributed by atoms with Crippen molar-refractivity contribution in [2.24, 2.45) is 5.73 Å². The van der Waals surface area contributed by atoms with Crippen LogP contribution in [0.5, 0.6) is 0 Å². The van der Waals surface area contributed by atoms with Crippen LogP contribution in [0.25, 0.3) is 11.1 Å². The van der Waals surface area contributed by atoms with Gasteiger partial charge in [-0.25, -0.2) is 26.4 Å². The van der Waals surface area contributed by atoms with Crippen molar-refractivity contribution < 1.29 is 31.5 Å². The van der Waals surface area contributed by atoms with E-state index in [4.69, 9.17) is 11.1 Å². The normalized spacial score (nSPS) is 11.6. The Morgan fingerprint density at radius 2 is 1.79 bits per heavy atom. The Bertz CT molecular complexity index is 1740. The molecule has 0 fully saturated rings. The summed E-state index contributed by atoms with van der Waals surface area (Å²) in [6, 6.07) is 9.90. The number of nitrogens with two attached hydrogens (primary N) is 1. The van der Waals surface area contributed by atoms with Crippen LogP contribution in [0, 0.1) is 12.3 Å². The minimum absolute atomic E-state index is 0.00166. The first kappa shape index (κ1) is 32.9. The molecule has 1 heterocycles. The number of benzene rings is 2. The zero-order valence-corrected chi connectivity index (χ0v) is 26.2. The molecule has 0 aliphatic rings. The van der Waals surface area contributed by atoms with Crippen molar-refractivity contribution in [2.45, 2.75) is 33.8 Å². The van der Waals surface area contributed by atoms with Gasteiger partial charge in [0, 0.05) is 29.8 Å². The van der Waals surface area contributed by atoms with Crippen LogP contribution in [0.4, 0.5) is 21.0 Å². The lowest BCUT2D eigenvalue weighted by Gasteiger charge is -2.17. The van der Waals surface area contributed by atoms with Crippen LogP contribution in [0.1, 0.15) is 23.3 Å². The molecule has 3 rings (SSSR count). The Kier molecular flexibility index (Phi) is 10.6. The largest absolute Gasteiger partial charge is 0.465 e. The maximum Gasteiger partial charge on any atom is 0.409 e. The smallest absolute Gasteiger partial charge is 0.409 e. The third-order valence-corrected chi connectivity index (χ3v) is 11.3. The molecule has 2 aromatic carbocycles. The average molecular weight is 654 g/mol. The molecule has 3 amide bonds. The predicted octanol–water partition coefficient (Wildman–Crippen LogP) is 4.60. The monoisotopic (exact) mass is 653 g/mol. The van der Waals surface area contributed by atoms with Gasteiger partial charge in [-0.15, -0.1) is 23.1 Å². The lowest BCUT2D eigenvalue weighted by molar-refractivity contribution is 0.209. The average Bonchev–Trinajstić information content (AvgIpc) is 3.33. The minimum Gasteiger partial charge on any atom is -0.465 e. The van der Waals surface area contributed by atoms with Gasteiger partial charge in [-0.1, -0.05) is 12.1 Å². The molecule has 16 heteroatoms. The van der Waals surface area contributed by atoms with Gasteiger partial charge in [0.1, 0.15) is 15.7 Å². The first-order chi connectivity index (χ1) is 19.6. The van der Waals surface area contributed by atoms with Gasteiger partial charge in [-0.2, -0.15) is 0 Å². The molecule has 0 saturated heterocycles. The number of amidine groups is 1. The van der Waals surface area contributed by atoms with Gasteiger partial charge in [0.05, 0.1) is 24.6 Å². The molecule has 0 spiro atoms. The van der Waals surface area contributed by atoms with Crippen LogP contribution < -0.4 is 21.7 Å². The maximum absolute atomic E-state index is 13.7. The highest BCUT2D eigenvalue weighted by Crippen LogP contribution is 2.39. The van der Waals surface area contributed by atoms with Gasteiger partial charge in [-0.05, 0) is 67.5 Å². The number of aryl methyl sites for hydroxylation is 1. The molecule has 0 radical (unpaired) electrons. The summed E-state index contributed by atoms with van der Waals surface area (Å²) in [7, 11) is -7.13. The van der Waals surface area contributed by atoms with E-state index < -0.39 is 31.8 Å². The number of nitrogen functional groups attached to an aromatic ring is 1. The minimum atomic E-state index is -4.02. The summed E-state index contributed by atoms with van der Waals surface area (Å²) in [4.78, 5) is 24.4. The van der Waals surface area contributed by atoms with E-state index in [0.717, 1.165) is 17.6 Å². The van der Waals surface area contributed by atoms with E-state index in [0.29, 0.717) is 38.6 Å². The molecule has 0 unspecified atom stereocenters. The summed E-state index contributed by atoms with van der Waals surface area (Å²) < 4.78 is 50.5. The summed E-state index contributed by atoms with van der Waals surface area (Å²) in [5.74, 6) is -0.234. The number of nitrogens with one attached hydrogen (secondary N) is 4. The maximum atomic E-state index is 13.7. The van der Waals surface area contributed by atoms with E-state index in [9.17, 15) is 31.5 Å². The highest BCUT2D eigenvalue weighted by Gasteiger charge is 2.26. The van der Waals surface area contributed by atoms with Crippen molar-refractivity contribution in [3.05, 3.63) is 52.9 Å². The quantitative estimate of drug-likeness (QED) is 0.0697. The van der Waals surface area contributed by atoms with Crippen LogP contribution in [0.2, 0.25) is 0 Å². The van der Waals surface area contributed by atoms with Gasteiger partial charge in [0.15, 0.2) is 0 Å². The fraction of sp³-hybridized carbons (Fsp3) is 0.269. The van der Waals surface area contributed by atoms with Crippen LogP contribution in [0.15, 0.2) is 56.5 Å². The van der Waals surface area contributed by atoms with Gasteiger partial charge in [0.2, 0.25) is 9.84 Å². The van der Waals surface area contributed by atoms with Gasteiger partial charge >= 0.3 is 12.1 Å². The van der Waals surface area contributed by atoms with Crippen LogP contribution in [-0.2, 0) is 19.7 Å². The molecule has 0 aliphatic heterocycles. The van der Waals surface area contributed by atoms with Crippen LogP contribution >= 0.6 is 23.1 Å². The third kappa shape index (κ3) is 8.47. The Morgan fingerprint density at radius 1 is 1.07 bits per heavy atom. The topological polar surface area (TPSA) is 209 Å². The Hall–Kier alpha value is -3.60. The number of hydrogen-bond donors (Lipinski definition) is 6. The van der Waals surface area contributed by atoms with E-state index in [-0.39, 0.29) is 39.3 Å². The van der Waals surface area contributed by atoms with Crippen molar-refractivity contribution >= 4 is 72.1 Å². The second kappa shape index (κ2) is 13.6. The van der Waals surface area contributed by atoms with E-state index >= 15 is 0 Å². The van der Waals surface area contributed by atoms with E-state index in [1.807, 2.05) is 0 Å². The molecular weight excluding hydrogens is 623 g/mol. The molecule has 7 N–H and O–H groups in total. The number of unbranched alkanes of at least 4 members (excludes halogenated alkanes) is 1. The number of rotatable bonds is 12. The van der Waals surface area contributed by atoms with E-state index in [2.05, 4.69) is 16.0 Å². The molecule has 226 valence electrons.